The van der Waals surface area contributed by atoms with Gasteiger partial charge in [-0.1, -0.05) is 35.5 Å². The third-order valence-corrected chi connectivity index (χ3v) is 5.11. The number of nitrogens with zero attached hydrogens (tertiary/aromatic N) is 3. The molecule has 2 aromatic heterocycles. The number of hydrogen-bond acceptors (Lipinski definition) is 5. The quantitative estimate of drug-likeness (QED) is 0.307. The van der Waals surface area contributed by atoms with E-state index in [0.717, 1.165) is 46.6 Å². The van der Waals surface area contributed by atoms with Gasteiger partial charge < -0.3 is 15.2 Å². The second kappa shape index (κ2) is 10.4. The standard InChI is InChI=1S/C19H23N5OS.HI/c1-13-14(2)26-18(23-13)9-10-21-19(20-3)22-12-16-11-17(25-24-16)15-7-5-4-6-8-15;/h4-8,11H,9-10,12H2,1-3H3,(H2,20,21,22);1H. The summed E-state index contributed by atoms with van der Waals surface area (Å²) in [5.41, 5.74) is 2.97. The van der Waals surface area contributed by atoms with E-state index < -0.39 is 0 Å². The van der Waals surface area contributed by atoms with Crippen LogP contribution >= 0.6 is 35.3 Å². The first-order valence-electron chi connectivity index (χ1n) is 8.54. The molecule has 0 unspecified atom stereocenters. The lowest BCUT2D eigenvalue weighted by atomic mass is 10.2. The second-order valence-corrected chi connectivity index (χ2v) is 7.19. The summed E-state index contributed by atoms with van der Waals surface area (Å²) >= 11 is 1.75. The molecular weight excluding hydrogens is 473 g/mol. The van der Waals surface area contributed by atoms with Crippen LogP contribution in [-0.2, 0) is 13.0 Å². The maximum atomic E-state index is 5.41. The van der Waals surface area contributed by atoms with Gasteiger partial charge in [0.15, 0.2) is 11.7 Å². The minimum atomic E-state index is 0. The minimum absolute atomic E-state index is 0. The Bertz CT molecular complexity index is 856. The highest BCUT2D eigenvalue weighted by Crippen LogP contribution is 2.19. The van der Waals surface area contributed by atoms with Gasteiger partial charge in [-0.05, 0) is 13.8 Å². The van der Waals surface area contributed by atoms with E-state index in [4.69, 9.17) is 4.52 Å². The Morgan fingerprint density at radius 1 is 1.19 bits per heavy atom. The molecule has 0 aliphatic rings. The van der Waals surface area contributed by atoms with Crippen LogP contribution in [0.5, 0.6) is 0 Å². The van der Waals surface area contributed by atoms with Crippen molar-refractivity contribution >= 4 is 41.3 Å². The van der Waals surface area contributed by atoms with E-state index >= 15 is 0 Å². The molecule has 6 nitrogen and oxygen atoms in total. The van der Waals surface area contributed by atoms with Crippen LogP contribution in [0.25, 0.3) is 11.3 Å². The lowest BCUT2D eigenvalue weighted by molar-refractivity contribution is 0.422. The molecule has 8 heteroatoms. The molecule has 0 amide bonds. The summed E-state index contributed by atoms with van der Waals surface area (Å²) in [7, 11) is 1.76. The zero-order chi connectivity index (χ0) is 18.4. The Balaban J connectivity index is 0.00000261. The summed E-state index contributed by atoms with van der Waals surface area (Å²) in [5, 5.41) is 11.8. The van der Waals surface area contributed by atoms with Crippen LogP contribution in [0.1, 0.15) is 21.3 Å². The van der Waals surface area contributed by atoms with E-state index in [1.165, 1.54) is 4.88 Å². The number of guanidine groups is 1. The van der Waals surface area contributed by atoms with E-state index in [-0.39, 0.29) is 24.0 Å². The molecule has 0 saturated carbocycles. The van der Waals surface area contributed by atoms with Gasteiger partial charge in [-0.25, -0.2) is 4.98 Å². The molecule has 144 valence electrons. The Kier molecular flexibility index (Phi) is 8.23. The zero-order valence-electron chi connectivity index (χ0n) is 15.7. The highest BCUT2D eigenvalue weighted by atomic mass is 127. The molecule has 2 N–H and O–H groups in total. The number of aryl methyl sites for hydroxylation is 2. The van der Waals surface area contributed by atoms with E-state index in [9.17, 15) is 0 Å². The second-order valence-electron chi connectivity index (χ2n) is 5.90. The van der Waals surface area contributed by atoms with E-state index in [1.54, 1.807) is 18.4 Å². The molecule has 0 saturated heterocycles. The molecule has 0 fully saturated rings. The summed E-state index contributed by atoms with van der Waals surface area (Å²) in [6.07, 6.45) is 0.877. The molecule has 0 atom stereocenters. The molecule has 27 heavy (non-hydrogen) atoms. The van der Waals surface area contributed by atoms with Gasteiger partial charge in [0.2, 0.25) is 0 Å². The van der Waals surface area contributed by atoms with Crippen LogP contribution in [0, 0.1) is 13.8 Å². The summed E-state index contributed by atoms with van der Waals surface area (Å²) in [5.74, 6) is 1.50. The van der Waals surface area contributed by atoms with Gasteiger partial charge >= 0.3 is 0 Å². The molecule has 0 aliphatic carbocycles. The summed E-state index contributed by atoms with van der Waals surface area (Å²) in [4.78, 5) is 10.1. The number of benzene rings is 1. The summed E-state index contributed by atoms with van der Waals surface area (Å²) < 4.78 is 5.41. The topological polar surface area (TPSA) is 75.3 Å². The highest BCUT2D eigenvalue weighted by Gasteiger charge is 2.08. The average Bonchev–Trinajstić information content (AvgIpc) is 3.25. The van der Waals surface area contributed by atoms with Crippen molar-refractivity contribution in [1.82, 2.24) is 20.8 Å². The maximum absolute atomic E-state index is 5.41. The minimum Gasteiger partial charge on any atom is -0.356 e. The predicted molar refractivity (Wildman–Crippen MR) is 121 cm³/mol. The number of aromatic nitrogens is 2. The van der Waals surface area contributed by atoms with Crippen molar-refractivity contribution in [3.05, 3.63) is 57.7 Å². The third kappa shape index (κ3) is 6.03. The molecule has 2 heterocycles. The Labute approximate surface area is 180 Å². The molecule has 0 aliphatic heterocycles. The van der Waals surface area contributed by atoms with Gasteiger partial charge in [0.05, 0.1) is 17.2 Å². The molecule has 3 rings (SSSR count). The fraction of sp³-hybridized carbons (Fsp3) is 0.316. The maximum Gasteiger partial charge on any atom is 0.191 e. The first-order valence-corrected chi connectivity index (χ1v) is 9.36. The lowest BCUT2D eigenvalue weighted by Crippen LogP contribution is -2.37. The molecule has 1 aromatic carbocycles. The fourth-order valence-corrected chi connectivity index (χ4v) is 3.40. The van der Waals surface area contributed by atoms with Gasteiger partial charge in [0.25, 0.3) is 0 Å². The van der Waals surface area contributed by atoms with Gasteiger partial charge in [-0.2, -0.15) is 0 Å². The Morgan fingerprint density at radius 2 is 1.96 bits per heavy atom. The van der Waals surface area contributed by atoms with Crippen molar-refractivity contribution in [2.45, 2.75) is 26.8 Å². The van der Waals surface area contributed by atoms with Crippen LogP contribution in [-0.4, -0.2) is 29.7 Å². The average molecular weight is 497 g/mol. The monoisotopic (exact) mass is 497 g/mol. The number of aliphatic imine (C=N–C) groups is 1. The van der Waals surface area contributed by atoms with Crippen LogP contribution in [0.15, 0.2) is 45.9 Å². The van der Waals surface area contributed by atoms with Crippen molar-refractivity contribution in [3.63, 3.8) is 0 Å². The lowest BCUT2D eigenvalue weighted by Gasteiger charge is -2.09. The summed E-state index contributed by atoms with van der Waals surface area (Å²) in [6, 6.07) is 11.9. The van der Waals surface area contributed by atoms with Crippen LogP contribution < -0.4 is 10.6 Å². The Hall–Kier alpha value is -1.94. The van der Waals surface area contributed by atoms with Crippen molar-refractivity contribution in [1.29, 1.82) is 0 Å². The molecule has 0 bridgehead atoms. The normalized spacial score (nSPS) is 11.1. The first kappa shape index (κ1) is 21.4. The number of nitrogens with one attached hydrogen (secondary N) is 2. The predicted octanol–water partition coefficient (Wildman–Crippen LogP) is 3.94. The van der Waals surface area contributed by atoms with E-state index in [1.807, 2.05) is 43.3 Å². The van der Waals surface area contributed by atoms with Crippen molar-refractivity contribution in [2.75, 3.05) is 13.6 Å². The smallest absolute Gasteiger partial charge is 0.191 e. The van der Waals surface area contributed by atoms with Gasteiger partial charge in [-0.3, -0.25) is 4.99 Å². The fourth-order valence-electron chi connectivity index (χ4n) is 2.46. The van der Waals surface area contributed by atoms with Crippen LogP contribution in [0.2, 0.25) is 0 Å². The van der Waals surface area contributed by atoms with E-state index in [2.05, 4.69) is 32.7 Å². The number of hydrogen-bond donors (Lipinski definition) is 2. The van der Waals surface area contributed by atoms with Crippen molar-refractivity contribution in [3.8, 4) is 11.3 Å². The zero-order valence-corrected chi connectivity index (χ0v) is 18.8. The highest BCUT2D eigenvalue weighted by molar-refractivity contribution is 14.0. The number of thiazole rings is 1. The van der Waals surface area contributed by atoms with Crippen LogP contribution in [0.4, 0.5) is 0 Å². The van der Waals surface area contributed by atoms with Crippen molar-refractivity contribution < 1.29 is 4.52 Å². The third-order valence-electron chi connectivity index (χ3n) is 3.98. The Morgan fingerprint density at radius 3 is 2.63 bits per heavy atom. The number of halogens is 1. The molecule has 0 spiro atoms. The van der Waals surface area contributed by atoms with Crippen molar-refractivity contribution in [2.24, 2.45) is 4.99 Å². The van der Waals surface area contributed by atoms with Gasteiger partial charge in [0, 0.05) is 36.5 Å². The largest absolute Gasteiger partial charge is 0.356 e. The van der Waals surface area contributed by atoms with Gasteiger partial charge in [0.1, 0.15) is 5.69 Å². The van der Waals surface area contributed by atoms with E-state index in [0.29, 0.717) is 6.54 Å². The molecule has 0 radical (unpaired) electrons. The summed E-state index contributed by atoms with van der Waals surface area (Å²) in [6.45, 7) is 5.47. The number of rotatable bonds is 6. The van der Waals surface area contributed by atoms with Crippen LogP contribution in [0.3, 0.4) is 0 Å². The van der Waals surface area contributed by atoms with Gasteiger partial charge in [-0.15, -0.1) is 35.3 Å². The molecular formula is C19H24IN5OS. The first-order chi connectivity index (χ1) is 12.7. The SMILES string of the molecule is CN=C(NCCc1nc(C)c(C)s1)NCc1cc(-c2ccccc2)on1.I. The molecule has 3 aromatic rings.